The summed E-state index contributed by atoms with van der Waals surface area (Å²) in [5, 5.41) is 15.1. The molecule has 1 atom stereocenters. The highest BCUT2D eigenvalue weighted by Crippen LogP contribution is 2.16. The van der Waals surface area contributed by atoms with Crippen LogP contribution in [0.3, 0.4) is 0 Å². The van der Waals surface area contributed by atoms with Gasteiger partial charge in [0.15, 0.2) is 0 Å². The van der Waals surface area contributed by atoms with Gasteiger partial charge in [-0.15, -0.1) is 0 Å². The van der Waals surface area contributed by atoms with Crippen molar-refractivity contribution in [2.24, 2.45) is 10.8 Å². The third-order valence-corrected chi connectivity index (χ3v) is 5.70. The van der Waals surface area contributed by atoms with Crippen molar-refractivity contribution in [2.75, 3.05) is 26.7 Å². The summed E-state index contributed by atoms with van der Waals surface area (Å²) in [5.41, 5.74) is 3.81. The summed E-state index contributed by atoms with van der Waals surface area (Å²) >= 11 is 0. The van der Waals surface area contributed by atoms with E-state index in [-0.39, 0.29) is 31.3 Å². The van der Waals surface area contributed by atoms with Gasteiger partial charge in [-0.1, -0.05) is 67.6 Å². The Bertz CT molecular complexity index is 1230. The smallest absolute Gasteiger partial charge is 0.269 e. The largest absolute Gasteiger partial charge is 0.349 e. The third-order valence-electron chi connectivity index (χ3n) is 5.70. The maximum Gasteiger partial charge on any atom is 0.269 e. The normalized spacial score (nSPS) is 11.9. The van der Waals surface area contributed by atoms with E-state index in [1.54, 1.807) is 25.4 Å². The molecule has 0 aliphatic heterocycles. The minimum Gasteiger partial charge on any atom is -0.349 e. The van der Waals surface area contributed by atoms with Crippen LogP contribution in [-0.2, 0) is 11.2 Å². The van der Waals surface area contributed by atoms with E-state index in [0.29, 0.717) is 11.4 Å². The first-order chi connectivity index (χ1) is 17.9. The van der Waals surface area contributed by atoms with Crippen molar-refractivity contribution in [3.8, 4) is 11.3 Å². The molecule has 192 valence electrons. The molecule has 37 heavy (non-hydrogen) atoms. The average Bonchev–Trinajstić information content (AvgIpc) is 2.93. The third kappa shape index (κ3) is 8.16. The van der Waals surface area contributed by atoms with Crippen molar-refractivity contribution >= 4 is 23.7 Å². The summed E-state index contributed by atoms with van der Waals surface area (Å²) in [7, 11) is 1.63. The number of rotatable bonds is 12. The summed E-state index contributed by atoms with van der Waals surface area (Å²) in [5.74, 6) is 5.13. The monoisotopic (exact) mass is 499 g/mol. The Kier molecular flexibility index (Phi) is 10.2. The number of hydrogen-bond donors (Lipinski definition) is 4. The number of hydrazine groups is 1. The van der Waals surface area contributed by atoms with Crippen LogP contribution in [0.4, 0.5) is 0 Å². The van der Waals surface area contributed by atoms with E-state index in [1.807, 2.05) is 60.7 Å². The van der Waals surface area contributed by atoms with Crippen LogP contribution in [0.2, 0.25) is 0 Å². The van der Waals surface area contributed by atoms with Crippen LogP contribution in [0.5, 0.6) is 0 Å². The molecular weight excluding hydrogens is 466 g/mol. The van der Waals surface area contributed by atoms with Gasteiger partial charge in [0, 0.05) is 31.9 Å². The fraction of sp³-hybridized carbons (Fsp3) is 0.250. The van der Waals surface area contributed by atoms with Gasteiger partial charge < -0.3 is 10.6 Å². The van der Waals surface area contributed by atoms with Gasteiger partial charge in [0.05, 0.1) is 18.3 Å². The van der Waals surface area contributed by atoms with Gasteiger partial charge in [0.2, 0.25) is 0 Å². The molecule has 0 bridgehead atoms. The van der Waals surface area contributed by atoms with Crippen molar-refractivity contribution in [3.63, 3.8) is 0 Å². The number of aliphatic imine (C=N–C) groups is 1. The van der Waals surface area contributed by atoms with Crippen LogP contribution in [0.15, 0.2) is 77.8 Å². The van der Waals surface area contributed by atoms with Crippen molar-refractivity contribution in [1.82, 2.24) is 20.6 Å². The molecule has 3 rings (SSSR count). The molecule has 9 nitrogen and oxygen atoms in total. The molecule has 0 saturated heterocycles. The molecular formula is C28H33N7O2. The van der Waals surface area contributed by atoms with Crippen LogP contribution in [0.1, 0.15) is 34.6 Å². The predicted molar refractivity (Wildman–Crippen MR) is 147 cm³/mol. The fourth-order valence-corrected chi connectivity index (χ4v) is 3.63. The Hall–Kier alpha value is -4.21. The fourth-order valence-electron chi connectivity index (χ4n) is 3.63. The maximum absolute atomic E-state index is 12.6. The Morgan fingerprint density at radius 3 is 2.49 bits per heavy atom. The first-order valence-corrected chi connectivity index (χ1v) is 12.1. The lowest BCUT2D eigenvalue weighted by Crippen LogP contribution is -2.46. The first-order valence-electron chi connectivity index (χ1n) is 12.1. The van der Waals surface area contributed by atoms with E-state index < -0.39 is 11.9 Å². The molecule has 1 aromatic heterocycles. The Morgan fingerprint density at radius 2 is 1.81 bits per heavy atom. The summed E-state index contributed by atoms with van der Waals surface area (Å²) in [6, 6.07) is 22.3. The molecule has 9 heteroatoms. The molecule has 0 radical (unpaired) electrons. The van der Waals surface area contributed by atoms with Gasteiger partial charge in [-0.2, -0.15) is 0 Å². The number of hydrogen-bond acceptors (Lipinski definition) is 7. The number of amides is 2. The highest BCUT2D eigenvalue weighted by atomic mass is 16.2. The number of pyridine rings is 1. The molecule has 0 aliphatic rings. The van der Waals surface area contributed by atoms with E-state index in [4.69, 9.17) is 11.3 Å². The van der Waals surface area contributed by atoms with Crippen LogP contribution >= 0.6 is 0 Å². The second-order valence-corrected chi connectivity index (χ2v) is 8.43. The minimum atomic E-state index is -0.536. The molecule has 0 saturated carbocycles. The lowest BCUT2D eigenvalue weighted by Gasteiger charge is -2.19. The van der Waals surface area contributed by atoms with Gasteiger partial charge in [-0.3, -0.25) is 25.8 Å². The van der Waals surface area contributed by atoms with Crippen LogP contribution in [-0.4, -0.2) is 60.4 Å². The quantitative estimate of drug-likeness (QED) is 0.173. The number of benzene rings is 2. The van der Waals surface area contributed by atoms with Gasteiger partial charge >= 0.3 is 0 Å². The number of nitrogens with one attached hydrogen (secondary N) is 3. The molecule has 0 aliphatic carbocycles. The summed E-state index contributed by atoms with van der Waals surface area (Å²) in [4.78, 5) is 33.6. The summed E-state index contributed by atoms with van der Waals surface area (Å²) in [6.07, 6.45) is 2.55. The van der Waals surface area contributed by atoms with E-state index >= 15 is 0 Å². The molecule has 2 amide bonds. The van der Waals surface area contributed by atoms with Crippen LogP contribution < -0.4 is 16.5 Å². The number of carbonyl (C=O) groups excluding carboxylic acids is 2. The first kappa shape index (κ1) is 27.4. The van der Waals surface area contributed by atoms with E-state index in [0.717, 1.165) is 17.5 Å². The Balaban J connectivity index is 1.47. The second kappa shape index (κ2) is 13.8. The highest BCUT2D eigenvalue weighted by Gasteiger charge is 2.18. The van der Waals surface area contributed by atoms with Gasteiger partial charge in [-0.05, 0) is 29.7 Å². The molecule has 1 heterocycles. The van der Waals surface area contributed by atoms with E-state index in [1.165, 1.54) is 10.6 Å². The topological polar surface area (TPSA) is 137 Å². The predicted octanol–water partition coefficient (Wildman–Crippen LogP) is 2.79. The van der Waals surface area contributed by atoms with Gasteiger partial charge in [0.25, 0.3) is 11.8 Å². The van der Waals surface area contributed by atoms with Crippen LogP contribution in [0.25, 0.3) is 11.3 Å². The Morgan fingerprint density at radius 1 is 1.08 bits per heavy atom. The lowest BCUT2D eigenvalue weighted by atomic mass is 10.0. The van der Waals surface area contributed by atoms with Gasteiger partial charge in [0.1, 0.15) is 11.4 Å². The number of aromatic nitrogens is 1. The van der Waals surface area contributed by atoms with Crippen molar-refractivity contribution in [1.29, 1.82) is 5.41 Å². The number of carbonyl (C=O) groups is 2. The number of nitrogens with zero attached hydrogens (tertiary/aromatic N) is 3. The Labute approximate surface area is 217 Å². The van der Waals surface area contributed by atoms with Crippen molar-refractivity contribution in [2.45, 2.75) is 19.4 Å². The zero-order valence-corrected chi connectivity index (χ0v) is 21.1. The summed E-state index contributed by atoms with van der Waals surface area (Å²) < 4.78 is 0. The molecule has 3 aromatic rings. The zero-order chi connectivity index (χ0) is 26.6. The SMILES string of the molecule is CCc1ccc(C(C=NC)NC(=O)C(=N)CN(N)CCNC(=O)c2cccc(-c3ccccc3)n2)cc1. The molecule has 5 N–H and O–H groups in total. The van der Waals surface area contributed by atoms with Crippen molar-refractivity contribution < 1.29 is 9.59 Å². The standard InChI is InChI=1S/C28H33N7O2/c1-3-20-12-14-22(15-13-20)26(18-31-2)34-27(36)23(29)19-35(30)17-16-32-28(37)25-11-7-10-24(33-25)21-8-5-4-6-9-21/h4-15,18,26,29H,3,16-17,19,30H2,1-2H3,(H,32,37)(H,34,36). The molecule has 0 spiro atoms. The zero-order valence-electron chi connectivity index (χ0n) is 21.1. The van der Waals surface area contributed by atoms with E-state index in [2.05, 4.69) is 27.5 Å². The number of nitrogens with two attached hydrogens (primary N) is 1. The minimum absolute atomic E-state index is 0.0752. The van der Waals surface area contributed by atoms with E-state index in [9.17, 15) is 9.59 Å². The molecule has 0 fully saturated rings. The summed E-state index contributed by atoms with van der Waals surface area (Å²) in [6.45, 7) is 2.48. The highest BCUT2D eigenvalue weighted by molar-refractivity contribution is 6.38. The molecule has 1 unspecified atom stereocenters. The van der Waals surface area contributed by atoms with Gasteiger partial charge in [-0.25, -0.2) is 9.99 Å². The molecule has 2 aromatic carbocycles. The maximum atomic E-state index is 12.6. The number of aryl methyl sites for hydroxylation is 1. The van der Waals surface area contributed by atoms with Crippen LogP contribution in [0, 0.1) is 5.41 Å². The second-order valence-electron chi connectivity index (χ2n) is 8.43. The average molecular weight is 500 g/mol. The lowest BCUT2D eigenvalue weighted by molar-refractivity contribution is -0.115. The van der Waals surface area contributed by atoms with Crippen molar-refractivity contribution in [3.05, 3.63) is 89.6 Å².